The van der Waals surface area contributed by atoms with Crippen molar-refractivity contribution in [3.05, 3.63) is 29.8 Å². The number of benzene rings is 1. The highest BCUT2D eigenvalue weighted by molar-refractivity contribution is 7.89. The van der Waals surface area contributed by atoms with Gasteiger partial charge in [0.15, 0.2) is 0 Å². The minimum atomic E-state index is -4.04. The lowest BCUT2D eigenvalue weighted by atomic mass is 10.0. The van der Waals surface area contributed by atoms with Gasteiger partial charge < -0.3 is 10.2 Å². The van der Waals surface area contributed by atoms with E-state index in [-0.39, 0.29) is 44.5 Å². The molecule has 2 heterocycles. The Morgan fingerprint density at radius 1 is 1.19 bits per heavy atom. The number of nitrogens with one attached hydrogen (secondary N) is 1. The summed E-state index contributed by atoms with van der Waals surface area (Å²) in [6, 6.07) is 2.42. The zero-order valence-corrected chi connectivity index (χ0v) is 16.5. The third-order valence-corrected chi connectivity index (χ3v) is 6.96. The van der Waals surface area contributed by atoms with E-state index >= 15 is 0 Å². The number of sulfonamides is 1. The van der Waals surface area contributed by atoms with E-state index in [4.69, 9.17) is 0 Å². The summed E-state index contributed by atoms with van der Waals surface area (Å²) >= 11 is 0. The highest BCUT2D eigenvalue weighted by Gasteiger charge is 2.32. The van der Waals surface area contributed by atoms with E-state index in [2.05, 4.69) is 5.32 Å². The Labute approximate surface area is 164 Å². The fourth-order valence-corrected chi connectivity index (χ4v) is 4.92. The maximum absolute atomic E-state index is 13.8. The third-order valence-electron chi connectivity index (χ3n) is 5.03. The Morgan fingerprint density at radius 3 is 2.48 bits per heavy atom. The van der Waals surface area contributed by atoms with Crippen LogP contribution < -0.4 is 5.32 Å². The molecule has 10 heteroatoms. The van der Waals surface area contributed by atoms with Gasteiger partial charge in [0.05, 0.1) is 0 Å². The number of nitrogens with zero attached hydrogens (tertiary/aromatic N) is 2. The van der Waals surface area contributed by atoms with Crippen LogP contribution in [-0.4, -0.2) is 62.8 Å². The van der Waals surface area contributed by atoms with E-state index in [0.29, 0.717) is 18.4 Å². The lowest BCUT2D eigenvalue weighted by Gasteiger charge is -2.34. The van der Waals surface area contributed by atoms with Crippen LogP contribution in [0.15, 0.2) is 23.1 Å². The average molecular weight is 424 g/mol. The van der Waals surface area contributed by atoms with Crippen LogP contribution in [0.3, 0.4) is 0 Å². The smallest absolute Gasteiger partial charge is 0.246 e. The van der Waals surface area contributed by atoms with Gasteiger partial charge in [-0.2, -0.15) is 4.31 Å². The predicted octanol–water partition coefficient (Wildman–Crippen LogP) is 1.61. The molecular weight excluding hydrogens is 400 g/mol. The fourth-order valence-electron chi connectivity index (χ4n) is 3.45. The van der Waals surface area contributed by atoms with Gasteiger partial charge in [-0.1, -0.05) is 0 Å². The van der Waals surface area contributed by atoms with Crippen LogP contribution in [0.2, 0.25) is 0 Å². The van der Waals surface area contributed by atoms with E-state index in [1.54, 1.807) is 4.90 Å². The first-order valence-electron chi connectivity index (χ1n) is 8.81. The number of piperazine rings is 1. The summed E-state index contributed by atoms with van der Waals surface area (Å²) < 4.78 is 53.1. The third kappa shape index (κ3) is 5.16. The van der Waals surface area contributed by atoms with Crippen LogP contribution in [-0.2, 0) is 14.8 Å². The number of halogens is 3. The highest BCUT2D eigenvalue weighted by atomic mass is 35.5. The largest absolute Gasteiger partial charge is 0.340 e. The number of rotatable bonds is 5. The Kier molecular flexibility index (Phi) is 7.55. The molecule has 1 aromatic carbocycles. The van der Waals surface area contributed by atoms with E-state index in [1.165, 1.54) is 0 Å². The van der Waals surface area contributed by atoms with Crippen molar-refractivity contribution in [2.75, 3.05) is 39.3 Å². The van der Waals surface area contributed by atoms with E-state index in [1.807, 2.05) is 0 Å². The lowest BCUT2D eigenvalue weighted by Crippen LogP contribution is -2.50. The van der Waals surface area contributed by atoms with Gasteiger partial charge in [-0.3, -0.25) is 4.79 Å². The van der Waals surface area contributed by atoms with Gasteiger partial charge in [0.2, 0.25) is 15.9 Å². The summed E-state index contributed by atoms with van der Waals surface area (Å²) in [6.45, 7) is 2.72. The molecule has 1 amide bonds. The molecule has 0 saturated carbocycles. The molecule has 2 saturated heterocycles. The Balaban J connectivity index is 0.00000261. The quantitative estimate of drug-likeness (QED) is 0.781. The first kappa shape index (κ1) is 22.0. The highest BCUT2D eigenvalue weighted by Crippen LogP contribution is 2.22. The maximum atomic E-state index is 13.8. The normalized spacial score (nSPS) is 21.1. The van der Waals surface area contributed by atoms with Crippen molar-refractivity contribution in [1.29, 1.82) is 0 Å². The molecule has 6 nitrogen and oxygen atoms in total. The second-order valence-electron chi connectivity index (χ2n) is 6.76. The van der Waals surface area contributed by atoms with Gasteiger partial charge in [-0.25, -0.2) is 17.2 Å². The monoisotopic (exact) mass is 423 g/mol. The Hall–Kier alpha value is -1.29. The molecule has 2 aliphatic rings. The molecular formula is C17H24ClF2N3O3S. The van der Waals surface area contributed by atoms with Gasteiger partial charge in [0.25, 0.3) is 0 Å². The molecule has 0 bridgehead atoms. The predicted molar refractivity (Wildman–Crippen MR) is 99.2 cm³/mol. The van der Waals surface area contributed by atoms with Crippen LogP contribution in [0.1, 0.15) is 19.3 Å². The molecule has 152 valence electrons. The minimum absolute atomic E-state index is 0. The fraction of sp³-hybridized carbons (Fsp3) is 0.588. The molecule has 2 aliphatic heterocycles. The molecule has 3 rings (SSSR count). The summed E-state index contributed by atoms with van der Waals surface area (Å²) in [5.41, 5.74) is 0. The van der Waals surface area contributed by atoms with Gasteiger partial charge in [0, 0.05) is 38.7 Å². The number of hydrogen-bond donors (Lipinski definition) is 1. The van der Waals surface area contributed by atoms with Gasteiger partial charge in [-0.15, -0.1) is 12.4 Å². The van der Waals surface area contributed by atoms with Crippen LogP contribution in [0.4, 0.5) is 8.78 Å². The molecule has 0 aromatic heterocycles. The van der Waals surface area contributed by atoms with Gasteiger partial charge >= 0.3 is 0 Å². The first-order valence-corrected chi connectivity index (χ1v) is 10.3. The molecule has 1 N–H and O–H groups in total. The summed E-state index contributed by atoms with van der Waals surface area (Å²) in [5, 5.41) is 3.27. The van der Waals surface area contributed by atoms with Crippen LogP contribution in [0.5, 0.6) is 0 Å². The molecule has 0 spiro atoms. The Morgan fingerprint density at radius 2 is 1.89 bits per heavy atom. The van der Waals surface area contributed by atoms with E-state index in [9.17, 15) is 22.0 Å². The zero-order chi connectivity index (χ0) is 18.7. The molecule has 1 atom stereocenters. The number of carbonyl (C=O) groups is 1. The van der Waals surface area contributed by atoms with Gasteiger partial charge in [0.1, 0.15) is 16.5 Å². The number of amides is 1. The summed E-state index contributed by atoms with van der Waals surface area (Å²) in [6.07, 6.45) is 2.39. The summed E-state index contributed by atoms with van der Waals surface area (Å²) in [7, 11) is -4.04. The minimum Gasteiger partial charge on any atom is -0.340 e. The SMILES string of the molecule is Cl.O=C(CCC1CCNC1)N1CCN(S(=O)(=O)c2ccc(F)cc2F)CC1. The van der Waals surface area contributed by atoms with Crippen molar-refractivity contribution in [2.45, 2.75) is 24.2 Å². The molecule has 0 radical (unpaired) electrons. The topological polar surface area (TPSA) is 69.7 Å². The molecule has 1 unspecified atom stereocenters. The van der Waals surface area contributed by atoms with Crippen molar-refractivity contribution in [3.8, 4) is 0 Å². The number of hydrogen-bond acceptors (Lipinski definition) is 4. The lowest BCUT2D eigenvalue weighted by molar-refractivity contribution is -0.132. The van der Waals surface area contributed by atoms with Crippen LogP contribution in [0, 0.1) is 17.6 Å². The van der Waals surface area contributed by atoms with Crippen molar-refractivity contribution in [1.82, 2.24) is 14.5 Å². The van der Waals surface area contributed by atoms with Gasteiger partial charge in [-0.05, 0) is 44.0 Å². The van der Waals surface area contributed by atoms with E-state index < -0.39 is 26.6 Å². The van der Waals surface area contributed by atoms with Crippen LogP contribution >= 0.6 is 12.4 Å². The van der Waals surface area contributed by atoms with Crippen molar-refractivity contribution >= 4 is 28.3 Å². The van der Waals surface area contributed by atoms with Crippen molar-refractivity contribution in [3.63, 3.8) is 0 Å². The maximum Gasteiger partial charge on any atom is 0.246 e. The second kappa shape index (κ2) is 9.27. The van der Waals surface area contributed by atoms with Crippen molar-refractivity contribution < 1.29 is 22.0 Å². The first-order chi connectivity index (χ1) is 12.4. The average Bonchev–Trinajstić information content (AvgIpc) is 3.13. The Bertz CT molecular complexity index is 765. The number of carbonyl (C=O) groups excluding carboxylic acids is 1. The van der Waals surface area contributed by atoms with Crippen molar-refractivity contribution in [2.24, 2.45) is 5.92 Å². The zero-order valence-electron chi connectivity index (χ0n) is 14.9. The second-order valence-corrected chi connectivity index (χ2v) is 8.66. The van der Waals surface area contributed by atoms with Crippen LogP contribution in [0.25, 0.3) is 0 Å². The molecule has 1 aromatic rings. The standard InChI is InChI=1S/C17H23F2N3O3S.ClH/c18-14-2-3-16(15(19)11-14)26(24,25)22-9-7-21(8-10-22)17(23)4-1-13-5-6-20-12-13;/h2-3,11,13,20H,1,4-10,12H2;1H. The molecule has 2 fully saturated rings. The molecule has 0 aliphatic carbocycles. The summed E-state index contributed by atoms with van der Waals surface area (Å²) in [4.78, 5) is 13.4. The molecule has 27 heavy (non-hydrogen) atoms. The van der Waals surface area contributed by atoms with E-state index in [0.717, 1.165) is 42.4 Å². The summed E-state index contributed by atoms with van der Waals surface area (Å²) in [5.74, 6) is -1.37.